The van der Waals surface area contributed by atoms with Crippen LogP contribution in [0.5, 0.6) is 0 Å². The number of aryl methyl sites for hydroxylation is 1. The normalized spacial score (nSPS) is 13.8. The molecule has 1 aliphatic rings. The highest BCUT2D eigenvalue weighted by molar-refractivity contribution is 5.93. The van der Waals surface area contributed by atoms with Crippen molar-refractivity contribution in [3.63, 3.8) is 0 Å². The smallest absolute Gasteiger partial charge is 0.219 e. The second kappa shape index (κ2) is 9.02. The molecule has 0 spiro atoms. The number of nitrogens with one attached hydrogen (secondary N) is 1. The van der Waals surface area contributed by atoms with E-state index in [4.69, 9.17) is 4.98 Å². The van der Waals surface area contributed by atoms with Crippen LogP contribution in [0.2, 0.25) is 0 Å². The molecular formula is C27H27N5O2. The lowest BCUT2D eigenvalue weighted by atomic mass is 10.1. The number of hydrogen-bond donors (Lipinski definition) is 1. The van der Waals surface area contributed by atoms with E-state index in [1.807, 2.05) is 78.6 Å². The third-order valence-corrected chi connectivity index (χ3v) is 6.19. The number of carbonyl (C=O) groups excluding carboxylic acids is 1. The van der Waals surface area contributed by atoms with Crippen molar-refractivity contribution in [1.82, 2.24) is 14.5 Å². The number of benzene rings is 2. The molecule has 0 bridgehead atoms. The fraction of sp³-hybridized carbons (Fsp3) is 0.222. The second-order valence-corrected chi connectivity index (χ2v) is 8.53. The lowest BCUT2D eigenvalue weighted by molar-refractivity contribution is -0.129. The summed E-state index contributed by atoms with van der Waals surface area (Å²) in [6.07, 6.45) is 0. The molecule has 0 radical (unpaired) electrons. The molecule has 2 aromatic carbocycles. The Morgan fingerprint density at radius 3 is 2.21 bits per heavy atom. The van der Waals surface area contributed by atoms with E-state index in [0.717, 1.165) is 22.6 Å². The zero-order chi connectivity index (χ0) is 23.7. The van der Waals surface area contributed by atoms with E-state index < -0.39 is 0 Å². The molecule has 2 aromatic heterocycles. The molecule has 3 heterocycles. The predicted octanol–water partition coefficient (Wildman–Crippen LogP) is 4.11. The first kappa shape index (κ1) is 21.7. The summed E-state index contributed by atoms with van der Waals surface area (Å²) >= 11 is 0. The van der Waals surface area contributed by atoms with Crippen LogP contribution in [-0.4, -0.2) is 46.5 Å². The van der Waals surface area contributed by atoms with Crippen LogP contribution in [0.4, 0.5) is 17.3 Å². The van der Waals surface area contributed by atoms with Crippen LogP contribution in [0.15, 0.2) is 77.6 Å². The van der Waals surface area contributed by atoms with Crippen LogP contribution in [0.3, 0.4) is 0 Å². The van der Waals surface area contributed by atoms with E-state index in [1.165, 1.54) is 0 Å². The number of para-hydroxylation sites is 2. The van der Waals surface area contributed by atoms with Gasteiger partial charge >= 0.3 is 0 Å². The Morgan fingerprint density at radius 2 is 1.56 bits per heavy atom. The van der Waals surface area contributed by atoms with Gasteiger partial charge in [-0.1, -0.05) is 36.4 Å². The van der Waals surface area contributed by atoms with E-state index in [9.17, 15) is 9.59 Å². The fourth-order valence-corrected chi connectivity index (χ4v) is 4.52. The first-order chi connectivity index (χ1) is 16.5. The third kappa shape index (κ3) is 4.12. The van der Waals surface area contributed by atoms with Crippen molar-refractivity contribution in [2.75, 3.05) is 36.4 Å². The van der Waals surface area contributed by atoms with Crippen molar-refractivity contribution in [2.45, 2.75) is 13.8 Å². The number of hydrogen-bond acceptors (Lipinski definition) is 5. The molecule has 172 valence electrons. The van der Waals surface area contributed by atoms with E-state index in [1.54, 1.807) is 13.0 Å². The highest BCUT2D eigenvalue weighted by Crippen LogP contribution is 2.30. The Labute approximate surface area is 198 Å². The summed E-state index contributed by atoms with van der Waals surface area (Å²) in [6.45, 7) is 6.06. The molecular weight excluding hydrogens is 426 g/mol. The molecule has 7 heteroatoms. The summed E-state index contributed by atoms with van der Waals surface area (Å²) in [6, 6.07) is 23.5. The van der Waals surface area contributed by atoms with Crippen LogP contribution in [0.1, 0.15) is 12.6 Å². The number of carbonyl (C=O) groups is 1. The average Bonchev–Trinajstić information content (AvgIpc) is 2.85. The largest absolute Gasteiger partial charge is 0.352 e. The first-order valence-corrected chi connectivity index (χ1v) is 11.5. The maximum atomic E-state index is 13.5. The molecule has 5 rings (SSSR count). The Hall–Kier alpha value is -4.13. The number of rotatable bonds is 4. The SMILES string of the molecule is CC(=O)N1CCN(c2nc(C)cc3c2c(=O)cc(Nc2ccccc2)n3-c2ccccc2)CC1. The van der Waals surface area contributed by atoms with Gasteiger partial charge in [-0.05, 0) is 37.3 Å². The van der Waals surface area contributed by atoms with Crippen molar-refractivity contribution >= 4 is 34.1 Å². The number of fused-ring (bicyclic) bond motifs is 1. The standard InChI is InChI=1S/C27H27N5O2/c1-19-17-23-26(27(28-19)31-15-13-30(14-16-31)20(2)33)24(34)18-25(29-21-9-5-3-6-10-21)32(23)22-11-7-4-8-12-22/h3-12,17-18,29H,13-16H2,1-2H3. The van der Waals surface area contributed by atoms with Gasteiger partial charge in [0.05, 0.1) is 10.9 Å². The maximum Gasteiger partial charge on any atom is 0.219 e. The minimum absolute atomic E-state index is 0.0739. The van der Waals surface area contributed by atoms with Gasteiger partial charge in [0.25, 0.3) is 0 Å². The van der Waals surface area contributed by atoms with E-state index >= 15 is 0 Å². The summed E-state index contributed by atoms with van der Waals surface area (Å²) < 4.78 is 2.08. The zero-order valence-electron chi connectivity index (χ0n) is 19.4. The first-order valence-electron chi connectivity index (χ1n) is 11.5. The van der Waals surface area contributed by atoms with Gasteiger partial charge in [0.2, 0.25) is 5.91 Å². The van der Waals surface area contributed by atoms with Gasteiger partial charge in [0.1, 0.15) is 11.6 Å². The second-order valence-electron chi connectivity index (χ2n) is 8.53. The molecule has 0 unspecified atom stereocenters. The van der Waals surface area contributed by atoms with Gasteiger partial charge in [-0.25, -0.2) is 4.98 Å². The summed E-state index contributed by atoms with van der Waals surface area (Å²) in [5.41, 5.74) is 3.39. The monoisotopic (exact) mass is 453 g/mol. The van der Waals surface area contributed by atoms with E-state index in [2.05, 4.69) is 14.8 Å². The molecule has 0 atom stereocenters. The highest BCUT2D eigenvalue weighted by Gasteiger charge is 2.24. The molecule has 1 amide bonds. The number of piperazine rings is 1. The molecule has 7 nitrogen and oxygen atoms in total. The topological polar surface area (TPSA) is 70.5 Å². The molecule has 34 heavy (non-hydrogen) atoms. The Morgan fingerprint density at radius 1 is 0.912 bits per heavy atom. The van der Waals surface area contributed by atoms with Crippen LogP contribution < -0.4 is 15.6 Å². The van der Waals surface area contributed by atoms with Gasteiger partial charge in [0.15, 0.2) is 5.43 Å². The predicted molar refractivity (Wildman–Crippen MR) is 136 cm³/mol. The lowest BCUT2D eigenvalue weighted by Crippen LogP contribution is -2.48. The Bertz CT molecular complexity index is 1390. The molecule has 4 aromatic rings. The highest BCUT2D eigenvalue weighted by atomic mass is 16.2. The number of anilines is 3. The average molecular weight is 454 g/mol. The van der Waals surface area contributed by atoms with Gasteiger partial charge in [-0.2, -0.15) is 0 Å². The fourth-order valence-electron chi connectivity index (χ4n) is 4.52. The lowest BCUT2D eigenvalue weighted by Gasteiger charge is -2.35. The van der Waals surface area contributed by atoms with Crippen LogP contribution in [-0.2, 0) is 4.79 Å². The van der Waals surface area contributed by atoms with Crippen molar-refractivity contribution in [3.05, 3.63) is 88.7 Å². The number of nitrogens with zero attached hydrogens (tertiary/aromatic N) is 4. The van der Waals surface area contributed by atoms with Gasteiger partial charge in [0, 0.05) is 56.2 Å². The third-order valence-electron chi connectivity index (χ3n) is 6.19. The summed E-state index contributed by atoms with van der Waals surface area (Å²) in [5, 5.41) is 4.01. The van der Waals surface area contributed by atoms with E-state index in [-0.39, 0.29) is 11.3 Å². The van der Waals surface area contributed by atoms with Gasteiger partial charge in [-0.15, -0.1) is 0 Å². The van der Waals surface area contributed by atoms with Crippen molar-refractivity contribution in [3.8, 4) is 5.69 Å². The van der Waals surface area contributed by atoms with Crippen molar-refractivity contribution in [2.24, 2.45) is 0 Å². The van der Waals surface area contributed by atoms with Crippen molar-refractivity contribution in [1.29, 1.82) is 0 Å². The number of aromatic nitrogens is 2. The van der Waals surface area contributed by atoms with Gasteiger partial charge in [-0.3, -0.25) is 14.2 Å². The van der Waals surface area contributed by atoms with Crippen LogP contribution >= 0.6 is 0 Å². The number of pyridine rings is 2. The molecule has 1 aliphatic heterocycles. The quantitative estimate of drug-likeness (QED) is 0.504. The molecule has 1 N–H and O–H groups in total. The molecule has 1 saturated heterocycles. The van der Waals surface area contributed by atoms with Crippen LogP contribution in [0.25, 0.3) is 16.6 Å². The van der Waals surface area contributed by atoms with Crippen molar-refractivity contribution < 1.29 is 4.79 Å². The summed E-state index contributed by atoms with van der Waals surface area (Å²) in [7, 11) is 0. The van der Waals surface area contributed by atoms with Crippen LogP contribution in [0, 0.1) is 6.92 Å². The summed E-state index contributed by atoms with van der Waals surface area (Å²) in [5.74, 6) is 1.44. The maximum absolute atomic E-state index is 13.5. The molecule has 0 aliphatic carbocycles. The Balaban J connectivity index is 1.70. The van der Waals surface area contributed by atoms with E-state index in [0.29, 0.717) is 43.2 Å². The Kier molecular flexibility index (Phi) is 5.76. The molecule has 1 fully saturated rings. The zero-order valence-corrected chi connectivity index (χ0v) is 19.4. The summed E-state index contributed by atoms with van der Waals surface area (Å²) in [4.78, 5) is 34.1. The minimum atomic E-state index is -0.0860. The number of amides is 1. The van der Waals surface area contributed by atoms with Gasteiger partial charge < -0.3 is 15.1 Å². The molecule has 0 saturated carbocycles. The minimum Gasteiger partial charge on any atom is -0.352 e.